The van der Waals surface area contributed by atoms with Gasteiger partial charge in [-0.1, -0.05) is 29.3 Å². The molecule has 5 heterocycles. The van der Waals surface area contributed by atoms with Gasteiger partial charge in [-0.3, -0.25) is 10.1 Å². The number of benzene rings is 1. The number of hydrogen-bond donors (Lipinski definition) is 2. The summed E-state index contributed by atoms with van der Waals surface area (Å²) in [5.41, 5.74) is 4.14. The summed E-state index contributed by atoms with van der Waals surface area (Å²) >= 11 is 12.3. The topological polar surface area (TPSA) is 97.6 Å². The Morgan fingerprint density at radius 2 is 2.08 bits per heavy atom. The van der Waals surface area contributed by atoms with Gasteiger partial charge in [-0.2, -0.15) is 0 Å². The van der Waals surface area contributed by atoms with E-state index < -0.39 is 23.2 Å². The third-order valence-electron chi connectivity index (χ3n) is 8.48. The molecule has 11 heteroatoms. The molecule has 0 unspecified atom stereocenters. The average Bonchev–Trinajstić information content (AvgIpc) is 3.54. The van der Waals surface area contributed by atoms with E-state index in [-0.39, 0.29) is 23.0 Å². The van der Waals surface area contributed by atoms with Crippen LogP contribution in [-0.2, 0) is 22.4 Å². The number of imidazole rings is 1. The maximum absolute atomic E-state index is 15.7. The van der Waals surface area contributed by atoms with Crippen molar-refractivity contribution in [2.45, 2.75) is 43.2 Å². The van der Waals surface area contributed by atoms with Gasteiger partial charge in [0.1, 0.15) is 11.2 Å². The Morgan fingerprint density at radius 1 is 1.26 bits per heavy atom. The molecule has 1 fully saturated rings. The van der Waals surface area contributed by atoms with Crippen LogP contribution in [-0.4, -0.2) is 44.9 Å². The number of carbonyl (C=O) groups excluding carboxylic acids is 2. The summed E-state index contributed by atoms with van der Waals surface area (Å²) in [5.74, 6) is -2.34. The summed E-state index contributed by atoms with van der Waals surface area (Å²) in [4.78, 5) is 35.2. The van der Waals surface area contributed by atoms with Crippen molar-refractivity contribution in [1.82, 2.24) is 19.7 Å². The van der Waals surface area contributed by atoms with Gasteiger partial charge in [0, 0.05) is 65.1 Å². The highest BCUT2D eigenvalue weighted by Gasteiger charge is 2.63. The number of aryl methyl sites for hydroxylation is 1. The van der Waals surface area contributed by atoms with Crippen LogP contribution in [0.3, 0.4) is 0 Å². The lowest BCUT2D eigenvalue weighted by atomic mass is 9.70. The van der Waals surface area contributed by atoms with Crippen molar-refractivity contribution in [2.75, 3.05) is 12.4 Å². The molecule has 7 rings (SSSR count). The molecule has 0 saturated carbocycles. The number of esters is 1. The van der Waals surface area contributed by atoms with Crippen LogP contribution < -0.4 is 10.6 Å². The monoisotopic (exact) mass is 565 g/mol. The number of pyridine rings is 2. The van der Waals surface area contributed by atoms with E-state index in [0.717, 1.165) is 17.0 Å². The summed E-state index contributed by atoms with van der Waals surface area (Å²) in [6.45, 7) is 1.83. The van der Waals surface area contributed by atoms with E-state index in [0.29, 0.717) is 45.9 Å². The molecule has 1 aliphatic carbocycles. The lowest BCUT2D eigenvalue weighted by molar-refractivity contribution is -0.123. The van der Waals surface area contributed by atoms with Crippen molar-refractivity contribution in [2.24, 2.45) is 0 Å². The number of nitrogens with one attached hydrogen (secondary N) is 2. The van der Waals surface area contributed by atoms with Crippen LogP contribution in [0, 0.1) is 12.7 Å². The van der Waals surface area contributed by atoms with E-state index in [9.17, 15) is 9.59 Å². The third-order valence-corrected chi connectivity index (χ3v) is 8.98. The largest absolute Gasteiger partial charge is 0.465 e. The molecular weight excluding hydrogens is 544 g/mol. The van der Waals surface area contributed by atoms with Gasteiger partial charge in [-0.25, -0.2) is 19.2 Å². The molecule has 39 heavy (non-hydrogen) atoms. The number of carbonyl (C=O) groups is 2. The zero-order valence-corrected chi connectivity index (χ0v) is 22.4. The number of amides is 1. The average molecular weight is 566 g/mol. The number of aromatic nitrogens is 3. The minimum Gasteiger partial charge on any atom is -0.465 e. The van der Waals surface area contributed by atoms with Crippen molar-refractivity contribution in [3.8, 4) is 0 Å². The first-order valence-electron chi connectivity index (χ1n) is 12.5. The van der Waals surface area contributed by atoms with Crippen LogP contribution in [0.2, 0.25) is 10.2 Å². The van der Waals surface area contributed by atoms with Crippen LogP contribution in [0.5, 0.6) is 0 Å². The van der Waals surface area contributed by atoms with E-state index in [4.69, 9.17) is 32.9 Å². The van der Waals surface area contributed by atoms with Gasteiger partial charge >= 0.3 is 5.97 Å². The summed E-state index contributed by atoms with van der Waals surface area (Å²) in [5, 5.41) is 6.89. The number of methoxy groups -OCH3 is 1. The number of fused-ring (bicyclic) bond motifs is 6. The highest BCUT2D eigenvalue weighted by Crippen LogP contribution is 2.56. The molecule has 2 aliphatic heterocycles. The molecule has 1 amide bonds. The summed E-state index contributed by atoms with van der Waals surface area (Å²) in [6, 6.07) is 8.51. The lowest BCUT2D eigenvalue weighted by Gasteiger charge is -2.40. The fourth-order valence-corrected chi connectivity index (χ4v) is 7.16. The van der Waals surface area contributed by atoms with E-state index in [2.05, 4.69) is 15.6 Å². The minimum atomic E-state index is -1.17. The molecule has 4 atom stereocenters. The molecule has 4 aromatic rings. The van der Waals surface area contributed by atoms with Crippen molar-refractivity contribution >= 4 is 46.4 Å². The molecule has 3 aliphatic rings. The second-order valence-corrected chi connectivity index (χ2v) is 11.1. The molecule has 8 nitrogen and oxygen atoms in total. The molecule has 0 bridgehead atoms. The number of nitrogens with zero attached hydrogens (tertiary/aromatic N) is 3. The van der Waals surface area contributed by atoms with Crippen LogP contribution >= 0.6 is 23.2 Å². The van der Waals surface area contributed by atoms with E-state index in [1.807, 2.05) is 23.6 Å². The first-order valence-corrected chi connectivity index (χ1v) is 13.3. The Morgan fingerprint density at radius 3 is 2.87 bits per heavy atom. The fourth-order valence-electron chi connectivity index (χ4n) is 6.82. The van der Waals surface area contributed by atoms with Gasteiger partial charge < -0.3 is 14.5 Å². The van der Waals surface area contributed by atoms with Crippen molar-refractivity contribution < 1.29 is 18.7 Å². The Kier molecular flexibility index (Phi) is 5.33. The molecule has 1 aromatic carbocycles. The minimum absolute atomic E-state index is 0.184. The second-order valence-electron chi connectivity index (χ2n) is 10.4. The van der Waals surface area contributed by atoms with Crippen LogP contribution in [0.25, 0.3) is 5.65 Å². The maximum Gasteiger partial charge on any atom is 0.338 e. The predicted octanol–water partition coefficient (Wildman–Crippen LogP) is 4.60. The third kappa shape index (κ3) is 3.33. The second kappa shape index (κ2) is 8.48. The van der Waals surface area contributed by atoms with Gasteiger partial charge in [-0.05, 0) is 42.3 Å². The zero-order chi connectivity index (χ0) is 27.2. The Bertz CT molecular complexity index is 1740. The van der Waals surface area contributed by atoms with Gasteiger partial charge in [0.2, 0.25) is 5.91 Å². The Hall–Kier alpha value is -3.53. The molecule has 198 valence electrons. The highest BCUT2D eigenvalue weighted by atomic mass is 35.5. The van der Waals surface area contributed by atoms with E-state index in [1.165, 1.54) is 13.3 Å². The van der Waals surface area contributed by atoms with Gasteiger partial charge in [-0.15, -0.1) is 0 Å². The Balaban J connectivity index is 1.43. The van der Waals surface area contributed by atoms with Crippen molar-refractivity contribution in [1.29, 1.82) is 0 Å². The van der Waals surface area contributed by atoms with E-state index in [1.54, 1.807) is 24.3 Å². The predicted molar refractivity (Wildman–Crippen MR) is 143 cm³/mol. The van der Waals surface area contributed by atoms with Crippen molar-refractivity contribution in [3.63, 3.8) is 0 Å². The number of hydrogen-bond acceptors (Lipinski definition) is 6. The van der Waals surface area contributed by atoms with Gasteiger partial charge in [0.15, 0.2) is 11.0 Å². The number of halogens is 3. The SMILES string of the molecule is COC(=O)c1ccn2c3c(nc2c1C)[C@@H]1[C@H](C3)N[C@]2(Cc3ccc(Cl)cc3NC2=O)[C@H]1c1ccnc(Cl)c1F. The Labute approximate surface area is 232 Å². The first-order chi connectivity index (χ1) is 18.7. The quantitative estimate of drug-likeness (QED) is 0.272. The molecule has 1 saturated heterocycles. The van der Waals surface area contributed by atoms with Gasteiger partial charge in [0.05, 0.1) is 18.4 Å². The molecule has 3 aromatic heterocycles. The molecule has 1 spiro atoms. The standard InChI is InChI=1S/C28H22Cl2FN5O3/c1-12-15(26(37)39-2)6-8-36-19-10-18-20(23(19)34-25(12)36)21(16-5-7-32-24(30)22(16)31)28(35-18)11-13-3-4-14(29)9-17(13)33-27(28)38/h3-9,18,20-21,35H,10-11H2,1-2H3,(H,33,38)/t18-,20+,21-,28+/m0/s1. The number of ether oxygens (including phenoxy) is 1. The summed E-state index contributed by atoms with van der Waals surface area (Å²) in [6.07, 6.45) is 4.17. The zero-order valence-electron chi connectivity index (χ0n) is 20.9. The van der Waals surface area contributed by atoms with Gasteiger partial charge in [0.25, 0.3) is 0 Å². The van der Waals surface area contributed by atoms with Crippen LogP contribution in [0.4, 0.5) is 10.1 Å². The molecule has 0 radical (unpaired) electrons. The van der Waals surface area contributed by atoms with Crippen LogP contribution in [0.15, 0.2) is 42.7 Å². The lowest BCUT2D eigenvalue weighted by Crippen LogP contribution is -2.59. The normalized spacial score (nSPS) is 24.9. The van der Waals surface area contributed by atoms with Crippen molar-refractivity contribution in [3.05, 3.63) is 92.4 Å². The first kappa shape index (κ1) is 24.5. The highest BCUT2D eigenvalue weighted by molar-refractivity contribution is 6.31. The van der Waals surface area contributed by atoms with E-state index >= 15 is 4.39 Å². The fraction of sp³-hybridized carbons (Fsp3) is 0.286. The summed E-state index contributed by atoms with van der Waals surface area (Å²) < 4.78 is 22.6. The number of rotatable bonds is 2. The molecular formula is C28H22Cl2FN5O3. The van der Waals surface area contributed by atoms with Crippen LogP contribution in [0.1, 0.15) is 50.3 Å². The number of anilines is 1. The maximum atomic E-state index is 15.7. The smallest absolute Gasteiger partial charge is 0.338 e. The summed E-state index contributed by atoms with van der Waals surface area (Å²) in [7, 11) is 1.34. The molecule has 2 N–H and O–H groups in total.